The molecule has 2 aliphatic heterocycles. The van der Waals surface area contributed by atoms with Crippen LogP contribution in [0.2, 0.25) is 0 Å². The van der Waals surface area contributed by atoms with Crippen LogP contribution in [0.25, 0.3) is 26.9 Å². The highest BCUT2D eigenvalue weighted by atomic mass is 19.1. The summed E-state index contributed by atoms with van der Waals surface area (Å²) in [6.45, 7) is 12.7. The summed E-state index contributed by atoms with van der Waals surface area (Å²) in [6, 6.07) is 9.59. The molecule has 222 valence electrons. The van der Waals surface area contributed by atoms with E-state index in [2.05, 4.69) is 34.4 Å². The number of piperazine rings is 1. The molecule has 7 rings (SSSR count). The van der Waals surface area contributed by atoms with Gasteiger partial charge in [-0.15, -0.1) is 0 Å². The minimum absolute atomic E-state index is 0.00444. The average molecular weight is 585 g/mol. The number of amides is 1. The number of hydrogen-bond donors (Lipinski definition) is 0. The van der Waals surface area contributed by atoms with E-state index in [0.717, 1.165) is 31.4 Å². The molecule has 8 nitrogen and oxygen atoms in total. The number of carbonyl (C=O) groups is 1. The fourth-order valence-corrected chi connectivity index (χ4v) is 7.28. The van der Waals surface area contributed by atoms with Crippen molar-refractivity contribution in [3.63, 3.8) is 0 Å². The lowest BCUT2D eigenvalue weighted by atomic mass is 9.93. The molecule has 0 unspecified atom stereocenters. The first-order valence-electron chi connectivity index (χ1n) is 15.0. The Kier molecular flexibility index (Phi) is 7.01. The molecular formula is C33H34F2N6O2. The number of likely N-dealkylation sites (N-methyl/N-ethyl adjacent to an activating group) is 1. The smallest absolute Gasteiger partial charge is 0.319 e. The first-order valence-corrected chi connectivity index (χ1v) is 15.0. The predicted molar refractivity (Wildman–Crippen MR) is 160 cm³/mol. The van der Waals surface area contributed by atoms with Crippen molar-refractivity contribution in [3.05, 3.63) is 71.1 Å². The van der Waals surface area contributed by atoms with Crippen LogP contribution in [0.4, 0.5) is 14.6 Å². The zero-order valence-corrected chi connectivity index (χ0v) is 24.2. The zero-order chi connectivity index (χ0) is 29.8. The van der Waals surface area contributed by atoms with Crippen LogP contribution in [0.5, 0.6) is 6.01 Å². The molecule has 0 radical (unpaired) electrons. The highest BCUT2D eigenvalue weighted by Crippen LogP contribution is 2.58. The number of aromatic nitrogens is 2. The van der Waals surface area contributed by atoms with Gasteiger partial charge in [0.15, 0.2) is 11.6 Å². The van der Waals surface area contributed by atoms with Crippen molar-refractivity contribution in [2.45, 2.75) is 43.7 Å². The first kappa shape index (κ1) is 27.7. The summed E-state index contributed by atoms with van der Waals surface area (Å²) in [5, 5.41) is 0.526. The number of hydrogen-bond acceptors (Lipinski definition) is 6. The van der Waals surface area contributed by atoms with Gasteiger partial charge in [0.25, 0.3) is 5.91 Å². The Morgan fingerprint density at radius 2 is 2.02 bits per heavy atom. The molecule has 0 N–H and O–H groups in total. The normalized spacial score (nSPS) is 24.5. The van der Waals surface area contributed by atoms with Crippen molar-refractivity contribution in [2.24, 2.45) is 5.92 Å². The van der Waals surface area contributed by atoms with Crippen molar-refractivity contribution >= 4 is 22.6 Å². The summed E-state index contributed by atoms with van der Waals surface area (Å²) in [5.41, 5.74) is 4.17. The van der Waals surface area contributed by atoms with Gasteiger partial charge in [0.2, 0.25) is 6.54 Å². The second-order valence-electron chi connectivity index (χ2n) is 12.3. The SMILES string of the molecule is [C-]#[N+]C[C@H]1CN(c2nc(OC[C@@H]3CCCN3C)nc3c(F)c(-c4cccc5c4C[C@@H]4C[C@H]54)ccc23)CCN1C(=O)C(=C)F. The molecule has 2 saturated heterocycles. The lowest BCUT2D eigenvalue weighted by Crippen LogP contribution is -2.56. The van der Waals surface area contributed by atoms with Crippen molar-refractivity contribution in [3.8, 4) is 17.1 Å². The molecule has 10 heteroatoms. The summed E-state index contributed by atoms with van der Waals surface area (Å²) >= 11 is 0. The van der Waals surface area contributed by atoms with Crippen molar-refractivity contribution in [1.29, 1.82) is 0 Å². The molecule has 4 aliphatic rings. The van der Waals surface area contributed by atoms with Gasteiger partial charge in [-0.3, -0.25) is 4.79 Å². The summed E-state index contributed by atoms with van der Waals surface area (Å²) in [7, 11) is 2.06. The number of anilines is 1. The van der Waals surface area contributed by atoms with E-state index in [1.54, 1.807) is 0 Å². The minimum Gasteiger partial charge on any atom is -0.462 e. The number of nitrogens with zero attached hydrogens (tertiary/aromatic N) is 6. The van der Waals surface area contributed by atoms with Crippen LogP contribution >= 0.6 is 0 Å². The largest absolute Gasteiger partial charge is 0.462 e. The van der Waals surface area contributed by atoms with E-state index in [9.17, 15) is 9.18 Å². The monoisotopic (exact) mass is 584 g/mol. The van der Waals surface area contributed by atoms with Crippen LogP contribution in [-0.4, -0.2) is 84.1 Å². The highest BCUT2D eigenvalue weighted by molar-refractivity contribution is 5.94. The van der Waals surface area contributed by atoms with Crippen LogP contribution in [0.15, 0.2) is 42.7 Å². The Morgan fingerprint density at radius 1 is 1.16 bits per heavy atom. The summed E-state index contributed by atoms with van der Waals surface area (Å²) in [6.07, 6.45) is 4.29. The van der Waals surface area contributed by atoms with E-state index in [4.69, 9.17) is 16.3 Å². The molecule has 3 heterocycles. The summed E-state index contributed by atoms with van der Waals surface area (Å²) in [4.78, 5) is 30.9. The van der Waals surface area contributed by atoms with Crippen LogP contribution in [0.3, 0.4) is 0 Å². The van der Waals surface area contributed by atoms with E-state index in [1.807, 2.05) is 29.2 Å². The number of ether oxygens (including phenoxy) is 1. The fraction of sp³-hybridized carbons (Fsp3) is 0.455. The third kappa shape index (κ3) is 4.89. The van der Waals surface area contributed by atoms with E-state index < -0.39 is 23.6 Å². The van der Waals surface area contributed by atoms with Crippen molar-refractivity contribution in [2.75, 3.05) is 51.3 Å². The van der Waals surface area contributed by atoms with Crippen molar-refractivity contribution in [1.82, 2.24) is 19.8 Å². The fourth-order valence-electron chi connectivity index (χ4n) is 7.28. The summed E-state index contributed by atoms with van der Waals surface area (Å²) in [5.74, 6) is -0.531. The molecule has 3 fully saturated rings. The maximum atomic E-state index is 16.6. The van der Waals surface area contributed by atoms with Crippen LogP contribution in [0, 0.1) is 18.3 Å². The Balaban J connectivity index is 1.29. The van der Waals surface area contributed by atoms with E-state index in [0.29, 0.717) is 41.8 Å². The van der Waals surface area contributed by atoms with E-state index in [1.165, 1.54) is 22.4 Å². The minimum atomic E-state index is -1.05. The zero-order valence-electron chi connectivity index (χ0n) is 24.2. The van der Waals surface area contributed by atoms with Gasteiger partial charge in [0, 0.05) is 36.6 Å². The topological polar surface area (TPSA) is 66.2 Å². The Hall–Kier alpha value is -4.10. The van der Waals surface area contributed by atoms with Gasteiger partial charge in [0.1, 0.15) is 24.0 Å². The van der Waals surface area contributed by atoms with Gasteiger partial charge in [-0.25, -0.2) is 15.4 Å². The Bertz CT molecular complexity index is 1670. The molecule has 1 aromatic heterocycles. The number of fused-ring (bicyclic) bond motifs is 4. The third-order valence-corrected chi connectivity index (χ3v) is 9.71. The Labute approximate surface area is 249 Å². The Morgan fingerprint density at radius 3 is 2.79 bits per heavy atom. The standard InChI is InChI=1S/C33H34F2N6O2/c1-19(34)32(42)41-13-12-40(17-22(41)16-36-2)31-26-10-9-25(23-7-4-8-24-27-14-20(27)15-28(23)24)29(35)30(26)37-33(38-31)43-18-21-6-5-11-39(21)3/h4,7-10,20-22,27H,1,5-6,11-18H2,3H3/t20-,21-,22-,27-/m0/s1. The lowest BCUT2D eigenvalue weighted by Gasteiger charge is -2.39. The molecule has 2 aliphatic carbocycles. The van der Waals surface area contributed by atoms with Gasteiger partial charge in [0.05, 0.1) is 0 Å². The van der Waals surface area contributed by atoms with Gasteiger partial charge in [-0.2, -0.15) is 9.97 Å². The van der Waals surface area contributed by atoms with Gasteiger partial charge in [-0.05, 0) is 73.9 Å². The predicted octanol–water partition coefficient (Wildman–Crippen LogP) is 4.99. The van der Waals surface area contributed by atoms with E-state index >= 15 is 4.39 Å². The number of likely N-dealkylation sites (tertiary alicyclic amines) is 1. The lowest BCUT2D eigenvalue weighted by molar-refractivity contribution is -0.131. The first-order chi connectivity index (χ1) is 20.8. The molecule has 0 spiro atoms. The molecule has 43 heavy (non-hydrogen) atoms. The van der Waals surface area contributed by atoms with Crippen LogP contribution in [-0.2, 0) is 11.2 Å². The molecule has 0 bridgehead atoms. The van der Waals surface area contributed by atoms with Crippen molar-refractivity contribution < 1.29 is 18.3 Å². The van der Waals surface area contributed by atoms with Gasteiger partial charge >= 0.3 is 6.01 Å². The molecule has 1 amide bonds. The number of rotatable bonds is 7. The van der Waals surface area contributed by atoms with Crippen LogP contribution < -0.4 is 9.64 Å². The summed E-state index contributed by atoms with van der Waals surface area (Å²) < 4.78 is 36.5. The third-order valence-electron chi connectivity index (χ3n) is 9.71. The molecule has 1 saturated carbocycles. The maximum absolute atomic E-state index is 16.6. The van der Waals surface area contributed by atoms with Gasteiger partial charge in [-0.1, -0.05) is 30.8 Å². The number of benzene rings is 2. The maximum Gasteiger partial charge on any atom is 0.319 e. The second kappa shape index (κ2) is 10.9. The molecule has 3 aromatic rings. The van der Waals surface area contributed by atoms with E-state index in [-0.39, 0.29) is 37.2 Å². The number of carbonyl (C=O) groups excluding carboxylic acids is 1. The second-order valence-corrected chi connectivity index (χ2v) is 12.3. The quantitative estimate of drug-likeness (QED) is 0.288. The molecule has 4 atom stereocenters. The molecular weight excluding hydrogens is 550 g/mol. The van der Waals surface area contributed by atoms with Crippen LogP contribution in [0.1, 0.15) is 36.3 Å². The highest BCUT2D eigenvalue weighted by Gasteiger charge is 2.46. The molecule has 2 aromatic carbocycles. The van der Waals surface area contributed by atoms with Gasteiger partial charge < -0.3 is 24.3 Å². The number of halogens is 2. The average Bonchev–Trinajstić information content (AvgIpc) is 3.50.